The van der Waals surface area contributed by atoms with Crippen LogP contribution in [0.5, 0.6) is 17.2 Å². The summed E-state index contributed by atoms with van der Waals surface area (Å²) in [5.74, 6) is -2.01. The molecule has 1 aromatic heterocycles. The fourth-order valence-corrected chi connectivity index (χ4v) is 7.29. The number of halogens is 2. The van der Waals surface area contributed by atoms with Crippen LogP contribution in [0.2, 0.25) is 5.02 Å². The van der Waals surface area contributed by atoms with Gasteiger partial charge in [0.1, 0.15) is 12.4 Å². The van der Waals surface area contributed by atoms with Gasteiger partial charge in [-0.1, -0.05) is 89.3 Å². The number of aliphatic hydroxyl groups excluding tert-OH is 1. The van der Waals surface area contributed by atoms with Gasteiger partial charge in [-0.05, 0) is 53.1 Å². The van der Waals surface area contributed by atoms with Crippen LogP contribution in [-0.4, -0.2) is 41.2 Å². The number of hydrogen-bond acceptors (Lipinski definition) is 10. The Kier molecular flexibility index (Phi) is 9.95. The molecule has 2 heterocycles. The Morgan fingerprint density at radius 1 is 0.938 bits per heavy atom. The van der Waals surface area contributed by atoms with Gasteiger partial charge in [0.25, 0.3) is 5.78 Å². The van der Waals surface area contributed by atoms with Crippen molar-refractivity contribution in [1.29, 1.82) is 0 Å². The first-order chi connectivity index (χ1) is 23.3. The Hall–Kier alpha value is -4.91. The van der Waals surface area contributed by atoms with Crippen LogP contribution in [-0.2, 0) is 21.9 Å². The zero-order chi connectivity index (χ0) is 33.8. The number of benzene rings is 4. The summed E-state index contributed by atoms with van der Waals surface area (Å²) in [7, 11) is 2.78. The maximum atomic E-state index is 14.7. The molecule has 6 rings (SSSR count). The van der Waals surface area contributed by atoms with E-state index >= 15 is 0 Å². The first kappa shape index (κ1) is 33.0. The first-order valence-electron chi connectivity index (χ1n) is 14.5. The fourth-order valence-electron chi connectivity index (χ4n) is 5.14. The lowest BCUT2D eigenvalue weighted by atomic mass is 9.95. The van der Waals surface area contributed by atoms with Crippen LogP contribution in [0.25, 0.3) is 5.76 Å². The molecule has 48 heavy (non-hydrogen) atoms. The third-order valence-electron chi connectivity index (χ3n) is 7.52. The van der Waals surface area contributed by atoms with Crippen LogP contribution < -0.4 is 19.1 Å². The zero-order valence-corrected chi connectivity index (χ0v) is 27.9. The van der Waals surface area contributed by atoms with Crippen molar-refractivity contribution in [3.8, 4) is 17.2 Å². The SMILES string of the molecule is COc1ccc(C(O)=C2C(=O)C(=O)N(c3nnc(SCc4ccccc4Cl)s3)[C@@H]2c2ccc(OCc3ccccc3)c(OC)c2)cc1F. The topological polar surface area (TPSA) is 111 Å². The molecule has 4 aromatic carbocycles. The minimum Gasteiger partial charge on any atom is -0.507 e. The number of carbonyl (C=O) groups is 2. The number of amides is 1. The van der Waals surface area contributed by atoms with Crippen LogP contribution in [0, 0.1) is 5.82 Å². The van der Waals surface area contributed by atoms with E-state index in [1.807, 2.05) is 48.5 Å². The van der Waals surface area contributed by atoms with Gasteiger partial charge in [0.15, 0.2) is 27.4 Å². The molecule has 1 saturated heterocycles. The number of ketones is 1. The van der Waals surface area contributed by atoms with E-state index in [2.05, 4.69) is 10.2 Å². The number of Topliss-reactive ketones (excluding diaryl/α,β-unsaturated/α-hetero) is 1. The second kappa shape index (κ2) is 14.5. The molecule has 5 aromatic rings. The van der Waals surface area contributed by atoms with Gasteiger partial charge in [0.2, 0.25) is 5.13 Å². The predicted molar refractivity (Wildman–Crippen MR) is 182 cm³/mol. The summed E-state index contributed by atoms with van der Waals surface area (Å²) in [5.41, 5.74) is 1.98. The third-order valence-corrected chi connectivity index (χ3v) is 9.99. The highest BCUT2D eigenvalue weighted by atomic mass is 35.5. The number of carbonyl (C=O) groups excluding carboxylic acids is 2. The summed E-state index contributed by atoms with van der Waals surface area (Å²) in [6, 6.07) is 24.6. The Balaban J connectivity index is 1.40. The van der Waals surface area contributed by atoms with Gasteiger partial charge in [-0.25, -0.2) is 4.39 Å². The number of aromatic nitrogens is 2. The number of thioether (sulfide) groups is 1. The largest absolute Gasteiger partial charge is 0.507 e. The molecule has 1 aliphatic rings. The quantitative estimate of drug-likeness (QED) is 0.0484. The van der Waals surface area contributed by atoms with Crippen molar-refractivity contribution < 1.29 is 33.3 Å². The van der Waals surface area contributed by atoms with E-state index in [1.165, 1.54) is 43.0 Å². The zero-order valence-electron chi connectivity index (χ0n) is 25.6. The number of rotatable bonds is 11. The molecular formula is C35H27ClFN3O6S2. The summed E-state index contributed by atoms with van der Waals surface area (Å²) < 4.78 is 31.9. The van der Waals surface area contributed by atoms with Gasteiger partial charge in [-0.2, -0.15) is 0 Å². The number of anilines is 1. The third kappa shape index (κ3) is 6.73. The maximum absolute atomic E-state index is 14.7. The highest BCUT2D eigenvalue weighted by Crippen LogP contribution is 2.46. The van der Waals surface area contributed by atoms with E-state index in [1.54, 1.807) is 24.3 Å². The molecule has 1 atom stereocenters. The molecule has 0 radical (unpaired) electrons. The predicted octanol–water partition coefficient (Wildman–Crippen LogP) is 7.85. The summed E-state index contributed by atoms with van der Waals surface area (Å²) in [6.45, 7) is 0.275. The van der Waals surface area contributed by atoms with Crippen LogP contribution in [0.1, 0.15) is 28.3 Å². The molecule has 1 N–H and O–H groups in total. The van der Waals surface area contributed by atoms with Crippen molar-refractivity contribution in [1.82, 2.24) is 10.2 Å². The van der Waals surface area contributed by atoms with E-state index in [-0.39, 0.29) is 28.6 Å². The van der Waals surface area contributed by atoms with E-state index in [0.29, 0.717) is 32.2 Å². The van der Waals surface area contributed by atoms with Gasteiger partial charge in [0.05, 0.1) is 25.8 Å². The van der Waals surface area contributed by atoms with Gasteiger partial charge in [-0.15, -0.1) is 10.2 Å². The molecule has 0 aliphatic carbocycles. The van der Waals surface area contributed by atoms with Crippen molar-refractivity contribution in [2.24, 2.45) is 0 Å². The highest BCUT2D eigenvalue weighted by Gasteiger charge is 2.48. The molecule has 13 heteroatoms. The first-order valence-corrected chi connectivity index (χ1v) is 16.7. The smallest absolute Gasteiger partial charge is 0.301 e. The van der Waals surface area contributed by atoms with Crippen LogP contribution >= 0.6 is 34.7 Å². The van der Waals surface area contributed by atoms with E-state index in [0.717, 1.165) is 28.5 Å². The molecule has 0 unspecified atom stereocenters. The number of aliphatic hydroxyl groups is 1. The van der Waals surface area contributed by atoms with Crippen molar-refractivity contribution in [3.63, 3.8) is 0 Å². The minimum atomic E-state index is -1.17. The second-order valence-corrected chi connectivity index (χ2v) is 13.0. The standard InChI is InChI=1S/C35H27ClFN3O6S2/c1-44-26-14-13-22(16-25(26)37)31(41)29-30(21-12-15-27(28(17-21)45-2)46-18-20-8-4-3-5-9-20)40(33(43)32(29)42)34-38-39-35(48-34)47-19-23-10-6-7-11-24(23)36/h3-17,30,41H,18-19H2,1-2H3/t30-/m1/s1. The van der Waals surface area contributed by atoms with E-state index in [4.69, 9.17) is 25.8 Å². The van der Waals surface area contributed by atoms with Crippen molar-refractivity contribution in [2.45, 2.75) is 22.7 Å². The molecule has 1 amide bonds. The molecule has 0 bridgehead atoms. The molecule has 9 nitrogen and oxygen atoms in total. The number of hydrogen-bond donors (Lipinski definition) is 1. The number of ether oxygens (including phenoxy) is 3. The highest BCUT2D eigenvalue weighted by molar-refractivity contribution is 8.00. The lowest BCUT2D eigenvalue weighted by Crippen LogP contribution is -2.29. The molecule has 244 valence electrons. The Bertz CT molecular complexity index is 2020. The lowest BCUT2D eigenvalue weighted by molar-refractivity contribution is -0.132. The Labute approximate surface area is 288 Å². The summed E-state index contributed by atoms with van der Waals surface area (Å²) >= 11 is 8.80. The lowest BCUT2D eigenvalue weighted by Gasteiger charge is -2.23. The maximum Gasteiger partial charge on any atom is 0.301 e. The minimum absolute atomic E-state index is 0.0145. The summed E-state index contributed by atoms with van der Waals surface area (Å²) in [5, 5.41) is 20.7. The summed E-state index contributed by atoms with van der Waals surface area (Å²) in [4.78, 5) is 28.6. The van der Waals surface area contributed by atoms with Gasteiger partial charge >= 0.3 is 5.91 Å². The van der Waals surface area contributed by atoms with Crippen LogP contribution in [0.3, 0.4) is 0 Å². The molecule has 0 spiro atoms. The van der Waals surface area contributed by atoms with Crippen LogP contribution in [0.15, 0.2) is 101 Å². The van der Waals surface area contributed by atoms with Crippen LogP contribution in [0.4, 0.5) is 9.52 Å². The average Bonchev–Trinajstić information content (AvgIpc) is 3.68. The fraction of sp³-hybridized carbons (Fsp3) is 0.143. The van der Waals surface area contributed by atoms with Crippen molar-refractivity contribution in [2.75, 3.05) is 19.1 Å². The Morgan fingerprint density at radius 2 is 1.67 bits per heavy atom. The number of nitrogens with zero attached hydrogens (tertiary/aromatic N) is 3. The average molecular weight is 704 g/mol. The second-order valence-electron chi connectivity index (χ2n) is 10.4. The van der Waals surface area contributed by atoms with Gasteiger partial charge in [0, 0.05) is 16.3 Å². The summed E-state index contributed by atoms with van der Waals surface area (Å²) in [6.07, 6.45) is 0. The molecule has 1 aliphatic heterocycles. The normalized spacial score (nSPS) is 15.5. The molecule has 0 saturated carbocycles. The van der Waals surface area contributed by atoms with Crippen molar-refractivity contribution in [3.05, 3.63) is 130 Å². The van der Waals surface area contributed by atoms with Gasteiger partial charge in [-0.3, -0.25) is 14.5 Å². The van der Waals surface area contributed by atoms with Crippen molar-refractivity contribution >= 4 is 57.3 Å². The monoisotopic (exact) mass is 703 g/mol. The van der Waals surface area contributed by atoms with E-state index < -0.39 is 29.3 Å². The van der Waals surface area contributed by atoms with E-state index in [9.17, 15) is 19.1 Å². The number of methoxy groups -OCH3 is 2. The molecule has 1 fully saturated rings. The molecular weight excluding hydrogens is 677 g/mol. The van der Waals surface area contributed by atoms with Gasteiger partial charge < -0.3 is 19.3 Å². The Morgan fingerprint density at radius 3 is 2.40 bits per heavy atom.